The Morgan fingerprint density at radius 3 is 2.81 bits per heavy atom. The van der Waals surface area contributed by atoms with Gasteiger partial charge in [-0.25, -0.2) is 0 Å². The minimum atomic E-state index is 0.776. The van der Waals surface area contributed by atoms with E-state index in [9.17, 15) is 0 Å². The van der Waals surface area contributed by atoms with E-state index in [1.807, 2.05) is 19.3 Å². The molecule has 0 spiro atoms. The molecular formula is C12H14BrN3. The minimum Gasteiger partial charge on any atom is -0.364 e. The highest BCUT2D eigenvalue weighted by atomic mass is 79.9. The lowest BCUT2D eigenvalue weighted by molar-refractivity contribution is 0.768. The summed E-state index contributed by atoms with van der Waals surface area (Å²) in [6.07, 6.45) is 1.92. The van der Waals surface area contributed by atoms with Crippen molar-refractivity contribution in [2.75, 3.05) is 5.32 Å². The number of anilines is 1. The van der Waals surface area contributed by atoms with Crippen molar-refractivity contribution in [2.45, 2.75) is 13.5 Å². The van der Waals surface area contributed by atoms with Gasteiger partial charge >= 0.3 is 0 Å². The summed E-state index contributed by atoms with van der Waals surface area (Å²) in [7, 11) is 1.91. The molecule has 0 atom stereocenters. The summed E-state index contributed by atoms with van der Waals surface area (Å²) in [6.45, 7) is 2.86. The van der Waals surface area contributed by atoms with Gasteiger partial charge < -0.3 is 5.32 Å². The molecule has 2 rings (SSSR count). The highest BCUT2D eigenvalue weighted by Gasteiger charge is 2.01. The number of hydrogen-bond donors (Lipinski definition) is 1. The zero-order valence-corrected chi connectivity index (χ0v) is 11.0. The Morgan fingerprint density at radius 2 is 2.19 bits per heavy atom. The molecule has 0 aliphatic rings. The number of halogens is 1. The number of nitrogens with one attached hydrogen (secondary N) is 1. The summed E-state index contributed by atoms with van der Waals surface area (Å²) in [5.41, 5.74) is 2.49. The van der Waals surface area contributed by atoms with Crippen molar-refractivity contribution in [3.63, 3.8) is 0 Å². The number of rotatable bonds is 3. The molecule has 0 aliphatic carbocycles. The first kappa shape index (κ1) is 11.2. The van der Waals surface area contributed by atoms with E-state index in [-0.39, 0.29) is 0 Å². The van der Waals surface area contributed by atoms with Gasteiger partial charge in [-0.15, -0.1) is 0 Å². The minimum absolute atomic E-state index is 0.776. The van der Waals surface area contributed by atoms with E-state index in [4.69, 9.17) is 0 Å². The van der Waals surface area contributed by atoms with E-state index in [0.717, 1.165) is 16.8 Å². The molecule has 0 saturated heterocycles. The van der Waals surface area contributed by atoms with Gasteiger partial charge in [0.15, 0.2) is 0 Å². The predicted molar refractivity (Wildman–Crippen MR) is 69.4 cm³/mol. The normalized spacial score (nSPS) is 10.4. The van der Waals surface area contributed by atoms with Crippen LogP contribution in [0.15, 0.2) is 34.9 Å². The fourth-order valence-corrected chi connectivity index (χ4v) is 2.12. The maximum atomic E-state index is 4.26. The van der Waals surface area contributed by atoms with Crippen LogP contribution in [0.3, 0.4) is 0 Å². The highest BCUT2D eigenvalue weighted by Crippen LogP contribution is 2.19. The summed E-state index contributed by atoms with van der Waals surface area (Å²) in [6, 6.07) is 8.31. The maximum Gasteiger partial charge on any atom is 0.148 e. The number of aromatic nitrogens is 2. The van der Waals surface area contributed by atoms with Crippen molar-refractivity contribution in [3.05, 3.63) is 46.1 Å². The predicted octanol–water partition coefficient (Wildman–Crippen LogP) is 3.10. The van der Waals surface area contributed by atoms with Crippen LogP contribution in [0.2, 0.25) is 0 Å². The van der Waals surface area contributed by atoms with Crippen molar-refractivity contribution in [1.29, 1.82) is 0 Å². The molecule has 0 bridgehead atoms. The Labute approximate surface area is 104 Å². The summed E-state index contributed by atoms with van der Waals surface area (Å²) in [5.74, 6) is 0.898. The van der Waals surface area contributed by atoms with Gasteiger partial charge in [-0.05, 0) is 24.1 Å². The molecule has 0 saturated carbocycles. The number of benzene rings is 1. The SMILES string of the molecule is Cc1ccc(CNc2ccn(C)n2)c(Br)c1. The maximum absolute atomic E-state index is 4.26. The molecule has 16 heavy (non-hydrogen) atoms. The van der Waals surface area contributed by atoms with E-state index in [2.05, 4.69) is 51.5 Å². The van der Waals surface area contributed by atoms with Gasteiger partial charge in [0.2, 0.25) is 0 Å². The monoisotopic (exact) mass is 279 g/mol. The fourth-order valence-electron chi connectivity index (χ4n) is 1.49. The number of hydrogen-bond acceptors (Lipinski definition) is 2. The van der Waals surface area contributed by atoms with Crippen LogP contribution in [0.1, 0.15) is 11.1 Å². The average molecular weight is 280 g/mol. The topological polar surface area (TPSA) is 29.9 Å². The Balaban J connectivity index is 2.04. The molecule has 2 aromatic rings. The zero-order valence-electron chi connectivity index (χ0n) is 9.37. The average Bonchev–Trinajstić information content (AvgIpc) is 2.63. The molecule has 1 aromatic carbocycles. The van der Waals surface area contributed by atoms with E-state index in [1.54, 1.807) is 4.68 Å². The molecule has 0 aliphatic heterocycles. The summed E-state index contributed by atoms with van der Waals surface area (Å²) in [4.78, 5) is 0. The highest BCUT2D eigenvalue weighted by molar-refractivity contribution is 9.10. The van der Waals surface area contributed by atoms with Gasteiger partial charge in [0, 0.05) is 30.3 Å². The van der Waals surface area contributed by atoms with Crippen LogP contribution >= 0.6 is 15.9 Å². The molecule has 0 unspecified atom stereocenters. The lowest BCUT2D eigenvalue weighted by Gasteiger charge is -2.06. The third kappa shape index (κ3) is 2.64. The van der Waals surface area contributed by atoms with Gasteiger partial charge in [0.05, 0.1) is 0 Å². The van der Waals surface area contributed by atoms with Crippen molar-refractivity contribution >= 4 is 21.7 Å². The van der Waals surface area contributed by atoms with Crippen LogP contribution in [0.4, 0.5) is 5.82 Å². The molecule has 3 nitrogen and oxygen atoms in total. The first-order chi connectivity index (χ1) is 7.65. The van der Waals surface area contributed by atoms with E-state index < -0.39 is 0 Å². The van der Waals surface area contributed by atoms with Gasteiger partial charge in [-0.3, -0.25) is 4.68 Å². The largest absolute Gasteiger partial charge is 0.364 e. The van der Waals surface area contributed by atoms with E-state index >= 15 is 0 Å². The second-order valence-corrected chi connectivity index (χ2v) is 4.68. The second kappa shape index (κ2) is 4.70. The van der Waals surface area contributed by atoms with Crippen LogP contribution in [0, 0.1) is 6.92 Å². The molecule has 4 heteroatoms. The van der Waals surface area contributed by atoms with E-state index in [1.165, 1.54) is 11.1 Å². The Bertz CT molecular complexity index is 491. The standard InChI is InChI=1S/C12H14BrN3/c1-9-3-4-10(11(13)7-9)8-14-12-5-6-16(2)15-12/h3-7H,8H2,1-2H3,(H,14,15). The Kier molecular flexibility index (Phi) is 3.29. The van der Waals surface area contributed by atoms with Crippen LogP contribution in [-0.4, -0.2) is 9.78 Å². The van der Waals surface area contributed by atoms with Crippen molar-refractivity contribution in [3.8, 4) is 0 Å². The first-order valence-corrected chi connectivity index (χ1v) is 5.93. The molecule has 1 heterocycles. The molecule has 1 N–H and O–H groups in total. The summed E-state index contributed by atoms with van der Waals surface area (Å²) >= 11 is 3.56. The van der Waals surface area contributed by atoms with Crippen molar-refractivity contribution < 1.29 is 0 Å². The lowest BCUT2D eigenvalue weighted by atomic mass is 10.1. The van der Waals surface area contributed by atoms with Gasteiger partial charge in [0.1, 0.15) is 5.82 Å². The van der Waals surface area contributed by atoms with Crippen molar-refractivity contribution in [2.24, 2.45) is 7.05 Å². The van der Waals surface area contributed by atoms with Gasteiger partial charge in [-0.2, -0.15) is 5.10 Å². The van der Waals surface area contributed by atoms with E-state index in [0.29, 0.717) is 0 Å². The third-order valence-corrected chi connectivity index (χ3v) is 3.12. The third-order valence-electron chi connectivity index (χ3n) is 2.38. The first-order valence-electron chi connectivity index (χ1n) is 5.14. The van der Waals surface area contributed by atoms with Crippen molar-refractivity contribution in [1.82, 2.24) is 9.78 Å². The Morgan fingerprint density at radius 1 is 1.38 bits per heavy atom. The quantitative estimate of drug-likeness (QED) is 0.936. The molecule has 84 valence electrons. The summed E-state index contributed by atoms with van der Waals surface area (Å²) in [5, 5.41) is 7.54. The smallest absolute Gasteiger partial charge is 0.148 e. The Hall–Kier alpha value is -1.29. The van der Waals surface area contributed by atoms with Gasteiger partial charge in [-0.1, -0.05) is 28.1 Å². The molecular weight excluding hydrogens is 266 g/mol. The molecule has 1 aromatic heterocycles. The molecule has 0 fully saturated rings. The van der Waals surface area contributed by atoms with Gasteiger partial charge in [0.25, 0.3) is 0 Å². The second-order valence-electron chi connectivity index (χ2n) is 3.82. The van der Waals surface area contributed by atoms with Crippen LogP contribution in [0.25, 0.3) is 0 Å². The lowest BCUT2D eigenvalue weighted by Crippen LogP contribution is -2.01. The van der Waals surface area contributed by atoms with Crippen LogP contribution < -0.4 is 5.32 Å². The molecule has 0 radical (unpaired) electrons. The zero-order chi connectivity index (χ0) is 11.5. The van der Waals surface area contributed by atoms with Crippen LogP contribution in [-0.2, 0) is 13.6 Å². The molecule has 0 amide bonds. The number of nitrogens with zero attached hydrogens (tertiary/aromatic N) is 2. The number of aryl methyl sites for hydroxylation is 2. The van der Waals surface area contributed by atoms with Crippen LogP contribution in [0.5, 0.6) is 0 Å². The fraction of sp³-hybridized carbons (Fsp3) is 0.250. The summed E-state index contributed by atoms with van der Waals surface area (Å²) < 4.78 is 2.92.